The maximum atomic E-state index is 9.00. The molecule has 0 rings (SSSR count). The largest absolute Gasteiger partial charge is 1.00 e. The third kappa shape index (κ3) is 2230. The van der Waals surface area contributed by atoms with Gasteiger partial charge in [-0.3, -0.25) is 9.59 Å². The molecule has 2 N–H and O–H groups in total. The molecular formula is C4H9CuNaO4. The molecule has 61 valence electrons. The van der Waals surface area contributed by atoms with Crippen LogP contribution in [0.25, 0.3) is 0 Å². The van der Waals surface area contributed by atoms with Crippen LogP contribution in [0.15, 0.2) is 0 Å². The molecule has 0 unspecified atom stereocenters. The molecule has 0 aromatic heterocycles. The molecule has 0 saturated carbocycles. The SMILES string of the molecule is CC(=O)O.CC(=O)O.[Cu].[H-].[Na+]. The van der Waals surface area contributed by atoms with Crippen LogP contribution in [0, 0.1) is 0 Å². The van der Waals surface area contributed by atoms with E-state index in [2.05, 4.69) is 0 Å². The fraction of sp³-hybridized carbons (Fsp3) is 0.500. The van der Waals surface area contributed by atoms with Gasteiger partial charge in [-0.1, -0.05) is 0 Å². The summed E-state index contributed by atoms with van der Waals surface area (Å²) in [4.78, 5) is 18.0. The minimum Gasteiger partial charge on any atom is -1.00 e. The van der Waals surface area contributed by atoms with Crippen molar-refractivity contribution in [2.45, 2.75) is 13.8 Å². The Morgan fingerprint density at radius 1 is 1.10 bits per heavy atom. The Bertz CT molecular complexity index is 80.1. The second-order valence-corrected chi connectivity index (χ2v) is 1.04. The van der Waals surface area contributed by atoms with Gasteiger partial charge >= 0.3 is 29.6 Å². The van der Waals surface area contributed by atoms with Gasteiger partial charge in [0.05, 0.1) is 0 Å². The summed E-state index contributed by atoms with van der Waals surface area (Å²) in [7, 11) is 0. The number of hydrogen-bond acceptors (Lipinski definition) is 2. The molecule has 0 bridgehead atoms. The van der Waals surface area contributed by atoms with Crippen LogP contribution in [-0.4, -0.2) is 22.2 Å². The van der Waals surface area contributed by atoms with Crippen LogP contribution in [0.4, 0.5) is 0 Å². The molecule has 0 heterocycles. The van der Waals surface area contributed by atoms with E-state index in [0.717, 1.165) is 13.8 Å². The number of rotatable bonds is 0. The van der Waals surface area contributed by atoms with Crippen LogP contribution in [0.3, 0.4) is 0 Å². The normalized spacial score (nSPS) is 5.00. The Balaban J connectivity index is -0.0000000171. The van der Waals surface area contributed by atoms with Gasteiger partial charge in [0, 0.05) is 30.9 Å². The third-order valence-corrected chi connectivity index (χ3v) is 0. The van der Waals surface area contributed by atoms with E-state index in [9.17, 15) is 0 Å². The van der Waals surface area contributed by atoms with Gasteiger partial charge in [-0.05, 0) is 0 Å². The molecular weight excluding hydrogens is 199 g/mol. The molecule has 0 aliphatic heterocycles. The average Bonchev–Trinajstić information content (AvgIpc) is 1.25. The molecule has 0 aromatic rings. The van der Waals surface area contributed by atoms with Gasteiger partial charge in [0.1, 0.15) is 0 Å². The van der Waals surface area contributed by atoms with Gasteiger partial charge in [-0.15, -0.1) is 0 Å². The monoisotopic (exact) mass is 207 g/mol. The number of carbonyl (C=O) groups is 2. The molecule has 0 amide bonds. The van der Waals surface area contributed by atoms with E-state index < -0.39 is 11.9 Å². The minimum atomic E-state index is -0.833. The van der Waals surface area contributed by atoms with Crippen molar-refractivity contribution in [1.29, 1.82) is 0 Å². The first-order valence-electron chi connectivity index (χ1n) is 1.86. The van der Waals surface area contributed by atoms with Gasteiger partial charge in [-0.25, -0.2) is 0 Å². The molecule has 0 spiro atoms. The molecule has 0 aliphatic carbocycles. The van der Waals surface area contributed by atoms with E-state index in [0.29, 0.717) is 0 Å². The summed E-state index contributed by atoms with van der Waals surface area (Å²) < 4.78 is 0. The standard InChI is InChI=1S/2C2H4O2.Cu.Na.H/c2*1-2(3)4;;;/h2*1H3,(H,3,4);;;/q;;;+1;-1. The van der Waals surface area contributed by atoms with Crippen molar-refractivity contribution in [3.05, 3.63) is 0 Å². The van der Waals surface area contributed by atoms with Crippen molar-refractivity contribution in [3.8, 4) is 0 Å². The van der Waals surface area contributed by atoms with E-state index >= 15 is 0 Å². The molecule has 0 saturated heterocycles. The summed E-state index contributed by atoms with van der Waals surface area (Å²) in [5.74, 6) is -1.67. The summed E-state index contributed by atoms with van der Waals surface area (Å²) >= 11 is 0. The van der Waals surface area contributed by atoms with Crippen molar-refractivity contribution in [1.82, 2.24) is 0 Å². The number of carboxylic acid groups (broad SMARTS) is 2. The van der Waals surface area contributed by atoms with E-state index in [4.69, 9.17) is 19.8 Å². The Morgan fingerprint density at radius 2 is 1.10 bits per heavy atom. The van der Waals surface area contributed by atoms with Crippen LogP contribution in [-0.2, 0) is 26.7 Å². The van der Waals surface area contributed by atoms with E-state index in [1.165, 1.54) is 0 Å². The zero-order valence-corrected chi connectivity index (χ0v) is 8.95. The van der Waals surface area contributed by atoms with Crippen molar-refractivity contribution < 1.29 is 67.9 Å². The predicted molar refractivity (Wildman–Crippen MR) is 27.7 cm³/mol. The average molecular weight is 208 g/mol. The molecule has 6 heteroatoms. The molecule has 0 atom stereocenters. The number of aliphatic carboxylic acids is 2. The zero-order chi connectivity index (χ0) is 7.15. The Labute approximate surface area is 93.2 Å². The van der Waals surface area contributed by atoms with Gasteiger partial charge in [0.15, 0.2) is 0 Å². The topological polar surface area (TPSA) is 74.6 Å². The Morgan fingerprint density at radius 3 is 1.10 bits per heavy atom. The van der Waals surface area contributed by atoms with E-state index in [1.807, 2.05) is 0 Å². The summed E-state index contributed by atoms with van der Waals surface area (Å²) in [6.07, 6.45) is 0. The molecule has 0 fully saturated rings. The summed E-state index contributed by atoms with van der Waals surface area (Å²) in [6.45, 7) is 2.17. The molecule has 0 aliphatic rings. The molecule has 0 aromatic carbocycles. The summed E-state index contributed by atoms with van der Waals surface area (Å²) in [5.41, 5.74) is 0. The smallest absolute Gasteiger partial charge is 1.00 e. The Kier molecular flexibility index (Phi) is 36.4. The summed E-state index contributed by atoms with van der Waals surface area (Å²) in [6, 6.07) is 0. The Hall–Kier alpha value is 0.459. The van der Waals surface area contributed by atoms with Crippen LogP contribution in [0.2, 0.25) is 0 Å². The fourth-order valence-electron chi connectivity index (χ4n) is 0. The van der Waals surface area contributed by atoms with Crippen molar-refractivity contribution in [3.63, 3.8) is 0 Å². The maximum Gasteiger partial charge on any atom is 1.00 e. The fourth-order valence-corrected chi connectivity index (χ4v) is 0. The second kappa shape index (κ2) is 16.2. The zero-order valence-electron chi connectivity index (χ0n) is 7.01. The van der Waals surface area contributed by atoms with Gasteiger partial charge < -0.3 is 11.6 Å². The quantitative estimate of drug-likeness (QED) is 0.424. The first kappa shape index (κ1) is 22.4. The van der Waals surface area contributed by atoms with Crippen molar-refractivity contribution in [2.75, 3.05) is 0 Å². The van der Waals surface area contributed by atoms with Crippen LogP contribution >= 0.6 is 0 Å². The van der Waals surface area contributed by atoms with Crippen LogP contribution < -0.4 is 29.6 Å². The first-order chi connectivity index (χ1) is 3.46. The van der Waals surface area contributed by atoms with Gasteiger partial charge in [0.25, 0.3) is 11.9 Å². The molecule has 1 radical (unpaired) electrons. The number of carboxylic acids is 2. The maximum absolute atomic E-state index is 9.00. The summed E-state index contributed by atoms with van der Waals surface area (Å²) in [5, 5.41) is 14.8. The van der Waals surface area contributed by atoms with Gasteiger partial charge in [-0.2, -0.15) is 0 Å². The first-order valence-corrected chi connectivity index (χ1v) is 1.86. The van der Waals surface area contributed by atoms with Crippen LogP contribution in [0.1, 0.15) is 15.3 Å². The molecule has 10 heavy (non-hydrogen) atoms. The van der Waals surface area contributed by atoms with E-state index in [1.54, 1.807) is 0 Å². The van der Waals surface area contributed by atoms with Crippen molar-refractivity contribution >= 4 is 11.9 Å². The minimum absolute atomic E-state index is 0. The van der Waals surface area contributed by atoms with Crippen molar-refractivity contribution in [2.24, 2.45) is 0 Å². The van der Waals surface area contributed by atoms with Crippen LogP contribution in [0.5, 0.6) is 0 Å². The third-order valence-electron chi connectivity index (χ3n) is 0. The second-order valence-electron chi connectivity index (χ2n) is 1.04. The molecule has 4 nitrogen and oxygen atoms in total. The van der Waals surface area contributed by atoms with Gasteiger partial charge in [0.2, 0.25) is 0 Å². The van der Waals surface area contributed by atoms with E-state index in [-0.39, 0.29) is 48.1 Å². The number of hydrogen-bond donors (Lipinski definition) is 2. The predicted octanol–water partition coefficient (Wildman–Crippen LogP) is -2.70.